The first-order valence-electron chi connectivity index (χ1n) is 3.08. The van der Waals surface area contributed by atoms with Crippen LogP contribution in [0.5, 0.6) is 0 Å². The summed E-state index contributed by atoms with van der Waals surface area (Å²) in [6.07, 6.45) is 0. The van der Waals surface area contributed by atoms with E-state index in [1.807, 2.05) is 11.4 Å². The van der Waals surface area contributed by atoms with Crippen molar-refractivity contribution in [2.75, 3.05) is 0 Å². The van der Waals surface area contributed by atoms with Crippen molar-refractivity contribution in [1.29, 1.82) is 0 Å². The van der Waals surface area contributed by atoms with E-state index in [-0.39, 0.29) is 0 Å². The SMILES string of the molecule is C[C@H](C(=O)O)c1cc(Br)cs1. The Morgan fingerprint density at radius 1 is 1.82 bits per heavy atom. The van der Waals surface area contributed by atoms with Crippen molar-refractivity contribution >= 4 is 33.2 Å². The normalized spacial score (nSPS) is 12.9. The molecule has 0 saturated carbocycles. The van der Waals surface area contributed by atoms with Gasteiger partial charge in [0.05, 0.1) is 5.92 Å². The minimum Gasteiger partial charge on any atom is -0.481 e. The van der Waals surface area contributed by atoms with E-state index in [1.54, 1.807) is 6.92 Å². The molecule has 0 radical (unpaired) electrons. The van der Waals surface area contributed by atoms with Gasteiger partial charge in [0, 0.05) is 14.7 Å². The van der Waals surface area contributed by atoms with Gasteiger partial charge in [-0.2, -0.15) is 0 Å². The molecule has 0 spiro atoms. The summed E-state index contributed by atoms with van der Waals surface area (Å²) in [5, 5.41) is 10.5. The van der Waals surface area contributed by atoms with Crippen LogP contribution in [0.3, 0.4) is 0 Å². The lowest BCUT2D eigenvalue weighted by Gasteiger charge is -1.99. The predicted octanol–water partition coefficient (Wildman–Crippen LogP) is 2.70. The molecule has 4 heteroatoms. The molecule has 1 N–H and O–H groups in total. The summed E-state index contributed by atoms with van der Waals surface area (Å²) in [6, 6.07) is 1.84. The van der Waals surface area contributed by atoms with Gasteiger partial charge in [-0.05, 0) is 28.9 Å². The van der Waals surface area contributed by atoms with Crippen LogP contribution < -0.4 is 0 Å². The average Bonchev–Trinajstić information content (AvgIpc) is 2.34. The highest BCUT2D eigenvalue weighted by Gasteiger charge is 2.14. The number of rotatable bonds is 2. The van der Waals surface area contributed by atoms with Crippen molar-refractivity contribution in [3.63, 3.8) is 0 Å². The van der Waals surface area contributed by atoms with E-state index >= 15 is 0 Å². The third kappa shape index (κ3) is 2.04. The lowest BCUT2D eigenvalue weighted by Crippen LogP contribution is -2.04. The summed E-state index contributed by atoms with van der Waals surface area (Å²) in [7, 11) is 0. The molecule has 0 unspecified atom stereocenters. The van der Waals surface area contributed by atoms with Gasteiger partial charge in [-0.15, -0.1) is 11.3 Å². The molecule has 11 heavy (non-hydrogen) atoms. The Bertz CT molecular complexity index is 269. The molecule has 0 aliphatic rings. The molecule has 0 aliphatic heterocycles. The van der Waals surface area contributed by atoms with Crippen molar-refractivity contribution in [2.24, 2.45) is 0 Å². The molecule has 1 atom stereocenters. The van der Waals surface area contributed by atoms with Crippen LogP contribution in [0, 0.1) is 0 Å². The van der Waals surface area contributed by atoms with Crippen LogP contribution in [-0.2, 0) is 4.79 Å². The molecule has 1 heterocycles. The molecular formula is C7H7BrO2S. The molecule has 0 saturated heterocycles. The lowest BCUT2D eigenvalue weighted by atomic mass is 10.1. The van der Waals surface area contributed by atoms with Gasteiger partial charge in [-0.1, -0.05) is 0 Å². The van der Waals surface area contributed by atoms with E-state index in [0.29, 0.717) is 0 Å². The number of carbonyl (C=O) groups is 1. The first-order chi connectivity index (χ1) is 5.11. The van der Waals surface area contributed by atoms with E-state index in [1.165, 1.54) is 11.3 Å². The maximum Gasteiger partial charge on any atom is 0.311 e. The van der Waals surface area contributed by atoms with Crippen molar-refractivity contribution in [3.8, 4) is 0 Å². The summed E-state index contributed by atoms with van der Waals surface area (Å²) in [4.78, 5) is 11.4. The fourth-order valence-corrected chi connectivity index (χ4v) is 2.17. The molecule has 60 valence electrons. The summed E-state index contributed by atoms with van der Waals surface area (Å²) in [5.41, 5.74) is 0. The van der Waals surface area contributed by atoms with Crippen LogP contribution in [-0.4, -0.2) is 11.1 Å². The van der Waals surface area contributed by atoms with Gasteiger partial charge >= 0.3 is 5.97 Å². The van der Waals surface area contributed by atoms with Gasteiger partial charge in [-0.3, -0.25) is 4.79 Å². The largest absolute Gasteiger partial charge is 0.481 e. The molecule has 0 amide bonds. The van der Waals surface area contributed by atoms with Crippen molar-refractivity contribution in [1.82, 2.24) is 0 Å². The summed E-state index contributed by atoms with van der Waals surface area (Å²) in [6.45, 7) is 1.68. The number of carboxylic acid groups (broad SMARTS) is 1. The smallest absolute Gasteiger partial charge is 0.311 e. The number of aliphatic carboxylic acids is 1. The predicted molar refractivity (Wildman–Crippen MR) is 48.1 cm³/mol. The molecule has 2 nitrogen and oxygen atoms in total. The first kappa shape index (κ1) is 8.74. The fourth-order valence-electron chi connectivity index (χ4n) is 0.677. The van der Waals surface area contributed by atoms with Gasteiger partial charge < -0.3 is 5.11 Å². The highest BCUT2D eigenvalue weighted by molar-refractivity contribution is 9.10. The Kier molecular flexibility index (Phi) is 2.67. The van der Waals surface area contributed by atoms with Crippen LogP contribution in [0.2, 0.25) is 0 Å². The molecule has 0 bridgehead atoms. The maximum atomic E-state index is 10.5. The van der Waals surface area contributed by atoms with Crippen molar-refractivity contribution < 1.29 is 9.90 Å². The number of halogens is 1. The Hall–Kier alpha value is -0.350. The maximum absolute atomic E-state index is 10.5. The topological polar surface area (TPSA) is 37.3 Å². The van der Waals surface area contributed by atoms with Crippen LogP contribution in [0.25, 0.3) is 0 Å². The second kappa shape index (κ2) is 3.36. The van der Waals surface area contributed by atoms with Gasteiger partial charge in [0.25, 0.3) is 0 Å². The fraction of sp³-hybridized carbons (Fsp3) is 0.286. The number of thiophene rings is 1. The summed E-state index contributed by atoms with van der Waals surface area (Å²) < 4.78 is 0.950. The third-order valence-corrected chi connectivity index (χ3v) is 3.26. The van der Waals surface area contributed by atoms with Crippen molar-refractivity contribution in [2.45, 2.75) is 12.8 Å². The van der Waals surface area contributed by atoms with Crippen LogP contribution >= 0.6 is 27.3 Å². The van der Waals surface area contributed by atoms with E-state index < -0.39 is 11.9 Å². The Balaban J connectivity index is 2.84. The zero-order valence-corrected chi connectivity index (χ0v) is 8.28. The van der Waals surface area contributed by atoms with Crippen LogP contribution in [0.1, 0.15) is 17.7 Å². The Labute approximate surface area is 77.0 Å². The molecule has 0 fully saturated rings. The second-order valence-electron chi connectivity index (χ2n) is 2.23. The second-order valence-corrected chi connectivity index (χ2v) is 4.09. The number of hydrogen-bond donors (Lipinski definition) is 1. The Morgan fingerprint density at radius 2 is 2.45 bits per heavy atom. The van der Waals surface area contributed by atoms with Gasteiger partial charge in [0.2, 0.25) is 0 Å². The minimum atomic E-state index is -0.778. The number of hydrogen-bond acceptors (Lipinski definition) is 2. The zero-order valence-electron chi connectivity index (χ0n) is 5.87. The van der Waals surface area contributed by atoms with Crippen LogP contribution in [0.4, 0.5) is 0 Å². The highest BCUT2D eigenvalue weighted by Crippen LogP contribution is 2.26. The Morgan fingerprint density at radius 3 is 2.82 bits per heavy atom. The quantitative estimate of drug-likeness (QED) is 0.855. The van der Waals surface area contributed by atoms with Gasteiger partial charge in [0.1, 0.15) is 0 Å². The van der Waals surface area contributed by atoms with E-state index in [9.17, 15) is 4.79 Å². The molecule has 1 aromatic rings. The molecule has 0 aliphatic carbocycles. The number of carboxylic acids is 1. The summed E-state index contributed by atoms with van der Waals surface area (Å²) in [5.74, 6) is -1.18. The van der Waals surface area contributed by atoms with E-state index in [4.69, 9.17) is 5.11 Å². The van der Waals surface area contributed by atoms with Crippen LogP contribution in [0.15, 0.2) is 15.9 Å². The van der Waals surface area contributed by atoms with Crippen molar-refractivity contribution in [3.05, 3.63) is 20.8 Å². The monoisotopic (exact) mass is 234 g/mol. The lowest BCUT2D eigenvalue weighted by molar-refractivity contribution is -0.138. The molecule has 0 aromatic carbocycles. The van der Waals surface area contributed by atoms with E-state index in [0.717, 1.165) is 9.35 Å². The third-order valence-electron chi connectivity index (χ3n) is 1.38. The zero-order chi connectivity index (χ0) is 8.43. The first-order valence-corrected chi connectivity index (χ1v) is 4.75. The highest BCUT2D eigenvalue weighted by atomic mass is 79.9. The van der Waals surface area contributed by atoms with Gasteiger partial charge in [-0.25, -0.2) is 0 Å². The molecular weight excluding hydrogens is 228 g/mol. The molecule has 1 rings (SSSR count). The van der Waals surface area contributed by atoms with Gasteiger partial charge in [0.15, 0.2) is 0 Å². The van der Waals surface area contributed by atoms with E-state index in [2.05, 4.69) is 15.9 Å². The minimum absolute atomic E-state index is 0.397. The molecule has 1 aromatic heterocycles. The summed E-state index contributed by atoms with van der Waals surface area (Å²) >= 11 is 4.73. The standard InChI is InChI=1S/C7H7BrO2S/c1-4(7(9)10)6-2-5(8)3-11-6/h2-4H,1H3,(H,9,10)/t4-/m0/s1. The average molecular weight is 235 g/mol.